The van der Waals surface area contributed by atoms with Gasteiger partial charge in [-0.25, -0.2) is 0 Å². The SMILES string of the molecule is [2H]C(=O)CC(C(=O)CCN(C)C)N(C)C(=O)CSC1CC(=O)N(CC(=O)NCNC(C)(C)C)C1=O. The number of Topliss-reactive ketones (excluding diaryl/α,β-unsaturated/α-hetero) is 1. The van der Waals surface area contributed by atoms with Gasteiger partial charge in [0.05, 0.1) is 23.7 Å². The van der Waals surface area contributed by atoms with Gasteiger partial charge in [-0.1, -0.05) is 0 Å². The fraction of sp³-hybridized carbons (Fsp3) is 0.727. The van der Waals surface area contributed by atoms with Crippen molar-refractivity contribution in [1.29, 1.82) is 0 Å². The lowest BCUT2D eigenvalue weighted by Gasteiger charge is -2.26. The predicted molar refractivity (Wildman–Crippen MR) is 129 cm³/mol. The first-order valence-electron chi connectivity index (χ1n) is 11.5. The van der Waals surface area contributed by atoms with Crippen LogP contribution >= 0.6 is 11.8 Å². The minimum absolute atomic E-state index is 0.119. The topological polar surface area (TPSA) is 136 Å². The average molecular weight is 501 g/mol. The average Bonchev–Trinajstić information content (AvgIpc) is 2.99. The number of thioether (sulfide) groups is 1. The molecule has 2 unspecified atom stereocenters. The molecule has 1 rings (SSSR count). The van der Waals surface area contributed by atoms with E-state index in [9.17, 15) is 28.8 Å². The molecule has 0 aromatic carbocycles. The number of aldehydes is 1. The summed E-state index contributed by atoms with van der Waals surface area (Å²) in [4.78, 5) is 77.4. The molecule has 1 fully saturated rings. The Morgan fingerprint density at radius 2 is 1.91 bits per heavy atom. The number of ketones is 1. The van der Waals surface area contributed by atoms with Crippen LogP contribution in [0.15, 0.2) is 0 Å². The second kappa shape index (κ2) is 13.5. The molecule has 0 radical (unpaired) electrons. The van der Waals surface area contributed by atoms with Gasteiger partial charge in [0.1, 0.15) is 14.2 Å². The van der Waals surface area contributed by atoms with Gasteiger partial charge in [0.2, 0.25) is 23.6 Å². The van der Waals surface area contributed by atoms with E-state index in [1.807, 2.05) is 20.8 Å². The summed E-state index contributed by atoms with van der Waals surface area (Å²) >= 11 is 0.952. The van der Waals surface area contributed by atoms with Gasteiger partial charge in [0.25, 0.3) is 0 Å². The summed E-state index contributed by atoms with van der Waals surface area (Å²) < 4.78 is 7.22. The Balaban J connectivity index is 2.65. The van der Waals surface area contributed by atoms with Gasteiger partial charge < -0.3 is 19.9 Å². The highest BCUT2D eigenvalue weighted by Crippen LogP contribution is 2.25. The van der Waals surface area contributed by atoms with Crippen LogP contribution in [0.4, 0.5) is 0 Å². The van der Waals surface area contributed by atoms with Crippen LogP contribution < -0.4 is 10.6 Å². The van der Waals surface area contributed by atoms with Crippen molar-refractivity contribution in [2.45, 2.75) is 56.9 Å². The molecule has 192 valence electrons. The molecule has 0 bridgehead atoms. The van der Waals surface area contributed by atoms with Gasteiger partial charge in [-0.05, 0) is 34.9 Å². The van der Waals surface area contributed by atoms with Crippen LogP contribution in [-0.4, -0.2) is 114 Å². The third kappa shape index (κ3) is 9.90. The number of imide groups is 1. The molecule has 0 spiro atoms. The number of amides is 4. The molecule has 2 atom stereocenters. The predicted octanol–water partition coefficient (Wildman–Crippen LogP) is -0.754. The number of likely N-dealkylation sites (N-methyl/N-ethyl adjacent to an activating group) is 1. The fourth-order valence-corrected chi connectivity index (χ4v) is 4.13. The van der Waals surface area contributed by atoms with Crippen molar-refractivity contribution in [1.82, 2.24) is 25.3 Å². The lowest BCUT2D eigenvalue weighted by atomic mass is 10.1. The van der Waals surface area contributed by atoms with Crippen molar-refractivity contribution >= 4 is 47.4 Å². The molecule has 34 heavy (non-hydrogen) atoms. The van der Waals surface area contributed by atoms with E-state index in [-0.39, 0.29) is 36.6 Å². The first-order chi connectivity index (χ1) is 16.1. The number of nitrogens with one attached hydrogen (secondary N) is 2. The number of carbonyl (C=O) groups excluding carboxylic acids is 6. The number of nitrogens with zero attached hydrogens (tertiary/aromatic N) is 3. The van der Waals surface area contributed by atoms with E-state index in [1.165, 1.54) is 7.05 Å². The highest BCUT2D eigenvalue weighted by Gasteiger charge is 2.40. The van der Waals surface area contributed by atoms with Crippen LogP contribution in [-0.2, 0) is 28.8 Å². The van der Waals surface area contributed by atoms with Crippen LogP contribution in [0.3, 0.4) is 0 Å². The first kappa shape index (κ1) is 27.9. The molecule has 1 heterocycles. The molecule has 0 aromatic heterocycles. The fourth-order valence-electron chi connectivity index (χ4n) is 3.05. The van der Waals surface area contributed by atoms with Crippen molar-refractivity contribution in [3.63, 3.8) is 0 Å². The number of likely N-dealkylation sites (tertiary alicyclic amines) is 1. The number of hydrogen-bond acceptors (Lipinski definition) is 9. The third-order valence-corrected chi connectivity index (χ3v) is 6.32. The molecule has 2 N–H and O–H groups in total. The van der Waals surface area contributed by atoms with Gasteiger partial charge >= 0.3 is 0 Å². The molecule has 0 saturated carbocycles. The number of carbonyl (C=O) groups is 6. The second-order valence-electron chi connectivity index (χ2n) is 9.41. The molecular formula is C22H37N5O6S. The zero-order chi connectivity index (χ0) is 26.9. The number of hydrogen-bond donors (Lipinski definition) is 2. The van der Waals surface area contributed by atoms with E-state index in [0.29, 0.717) is 6.54 Å². The van der Waals surface area contributed by atoms with Crippen molar-refractivity contribution < 1.29 is 30.1 Å². The Morgan fingerprint density at radius 3 is 2.47 bits per heavy atom. The van der Waals surface area contributed by atoms with Crippen molar-refractivity contribution in [2.75, 3.05) is 46.7 Å². The first-order valence-corrected chi connectivity index (χ1v) is 12.1. The van der Waals surface area contributed by atoms with Crippen LogP contribution in [0.25, 0.3) is 0 Å². The standard InChI is InChI=1S/C22H37N5O6S/c1-22(2,3)24-14-23-18(30)12-27-19(31)11-17(21(27)33)34-13-20(32)26(6)15(8-10-28)16(29)7-9-25(4)5/h10,15,17,24H,7-9,11-14H2,1-6H3,(H,23,30)/i10D. The van der Waals surface area contributed by atoms with Crippen molar-refractivity contribution in [2.24, 2.45) is 0 Å². The Kier molecular flexibility index (Phi) is 11.1. The molecule has 4 amide bonds. The lowest BCUT2D eigenvalue weighted by molar-refractivity contribution is -0.142. The van der Waals surface area contributed by atoms with Crippen LogP contribution in [0.1, 0.15) is 41.4 Å². The monoisotopic (exact) mass is 500 g/mol. The maximum Gasteiger partial charge on any atom is 0.243 e. The molecule has 0 aliphatic carbocycles. The van der Waals surface area contributed by atoms with Gasteiger partial charge in [0.15, 0.2) is 5.78 Å². The summed E-state index contributed by atoms with van der Waals surface area (Å²) in [6, 6.07) is -1.06. The minimum atomic E-state index is -1.06. The van der Waals surface area contributed by atoms with Crippen molar-refractivity contribution in [3.8, 4) is 0 Å². The minimum Gasteiger partial charge on any atom is -0.342 e. The van der Waals surface area contributed by atoms with E-state index < -0.39 is 54.1 Å². The summed E-state index contributed by atoms with van der Waals surface area (Å²) in [7, 11) is 4.96. The molecule has 1 saturated heterocycles. The number of rotatable bonds is 14. The molecular weight excluding hydrogens is 462 g/mol. The van der Waals surface area contributed by atoms with E-state index >= 15 is 0 Å². The van der Waals surface area contributed by atoms with Gasteiger partial charge in [-0.2, -0.15) is 0 Å². The van der Waals surface area contributed by atoms with Gasteiger partial charge in [-0.15, -0.1) is 11.8 Å². The van der Waals surface area contributed by atoms with Crippen LogP contribution in [0.5, 0.6) is 0 Å². The molecule has 1 aliphatic heterocycles. The normalized spacial score (nSPS) is 17.6. The molecule has 1 aliphatic rings. The van der Waals surface area contributed by atoms with Crippen LogP contribution in [0, 0.1) is 0 Å². The van der Waals surface area contributed by atoms with Crippen LogP contribution in [0.2, 0.25) is 0 Å². The summed E-state index contributed by atoms with van der Waals surface area (Å²) in [6.07, 6.45) is -1.38. The summed E-state index contributed by atoms with van der Waals surface area (Å²) in [5.41, 5.74) is -0.210. The molecule has 11 nitrogen and oxygen atoms in total. The van der Waals surface area contributed by atoms with Gasteiger partial charge in [-0.3, -0.25) is 34.2 Å². The summed E-state index contributed by atoms with van der Waals surface area (Å²) in [5.74, 6) is -2.55. The maximum atomic E-state index is 12.7. The zero-order valence-electron chi connectivity index (χ0n) is 21.8. The second-order valence-corrected chi connectivity index (χ2v) is 10.6. The summed E-state index contributed by atoms with van der Waals surface area (Å²) in [5, 5.41) is 4.85. The van der Waals surface area contributed by atoms with E-state index in [1.54, 1.807) is 19.0 Å². The van der Waals surface area contributed by atoms with E-state index in [4.69, 9.17) is 1.37 Å². The largest absolute Gasteiger partial charge is 0.342 e. The lowest BCUT2D eigenvalue weighted by Crippen LogP contribution is -2.47. The summed E-state index contributed by atoms with van der Waals surface area (Å²) in [6.45, 7) is 6.02. The Morgan fingerprint density at radius 1 is 1.26 bits per heavy atom. The maximum absolute atomic E-state index is 12.7. The Hall–Kier alpha value is -2.31. The van der Waals surface area contributed by atoms with E-state index in [0.717, 1.165) is 21.6 Å². The highest BCUT2D eigenvalue weighted by molar-refractivity contribution is 8.01. The Labute approximate surface area is 206 Å². The molecule has 0 aromatic rings. The zero-order valence-corrected chi connectivity index (χ0v) is 21.6. The Bertz CT molecular complexity index is 832. The quantitative estimate of drug-likeness (QED) is 0.179. The smallest absolute Gasteiger partial charge is 0.243 e. The third-order valence-electron chi connectivity index (χ3n) is 5.13. The van der Waals surface area contributed by atoms with E-state index in [2.05, 4.69) is 10.6 Å². The van der Waals surface area contributed by atoms with Crippen molar-refractivity contribution in [3.05, 3.63) is 0 Å². The molecule has 12 heteroatoms. The highest BCUT2D eigenvalue weighted by atomic mass is 32.2. The van der Waals surface area contributed by atoms with Gasteiger partial charge in [0, 0.05) is 38.4 Å².